The third kappa shape index (κ3) is 4.45. The zero-order chi connectivity index (χ0) is 15.2. The lowest BCUT2D eigenvalue weighted by molar-refractivity contribution is 0.0762. The van der Waals surface area contributed by atoms with Gasteiger partial charge in [-0.3, -0.25) is 4.79 Å². The molecule has 1 heterocycles. The van der Waals surface area contributed by atoms with E-state index in [1.807, 2.05) is 48.2 Å². The van der Waals surface area contributed by atoms with Crippen LogP contribution in [0.2, 0.25) is 0 Å². The van der Waals surface area contributed by atoms with E-state index in [2.05, 4.69) is 20.8 Å². The number of hydrogen-bond acceptors (Lipinski definition) is 3. The lowest BCUT2D eigenvalue weighted by atomic mass is 10.1. The van der Waals surface area contributed by atoms with Crippen LogP contribution in [0.5, 0.6) is 0 Å². The first-order chi connectivity index (χ1) is 10.1. The summed E-state index contributed by atoms with van der Waals surface area (Å²) in [7, 11) is 4.01. The molecule has 0 aromatic heterocycles. The summed E-state index contributed by atoms with van der Waals surface area (Å²) in [5, 5.41) is 0.993. The van der Waals surface area contributed by atoms with E-state index in [9.17, 15) is 4.79 Å². The molecule has 0 atom stereocenters. The quantitative estimate of drug-likeness (QED) is 0.777. The van der Waals surface area contributed by atoms with E-state index in [1.54, 1.807) is 0 Å². The Hall–Kier alpha value is -1.07. The van der Waals surface area contributed by atoms with Gasteiger partial charge in [-0.25, -0.2) is 0 Å². The van der Waals surface area contributed by atoms with Gasteiger partial charge in [-0.05, 0) is 37.2 Å². The summed E-state index contributed by atoms with van der Waals surface area (Å²) in [6.45, 7) is 4.77. The van der Waals surface area contributed by atoms with Crippen molar-refractivity contribution in [3.63, 3.8) is 0 Å². The number of amides is 1. The largest absolute Gasteiger partial charge is 0.378 e. The molecule has 0 spiro atoms. The molecule has 2 rings (SSSR count). The number of anilines is 1. The van der Waals surface area contributed by atoms with Crippen LogP contribution in [0.15, 0.2) is 24.3 Å². The van der Waals surface area contributed by atoms with Crippen LogP contribution >= 0.6 is 15.9 Å². The Balaban J connectivity index is 1.99. The highest BCUT2D eigenvalue weighted by Gasteiger charge is 2.19. The number of nitrogens with zero attached hydrogens (tertiary/aromatic N) is 3. The maximum atomic E-state index is 12.6. The fraction of sp³-hybridized carbons (Fsp3) is 0.562. The molecule has 0 unspecified atom stereocenters. The molecule has 116 valence electrons. The van der Waals surface area contributed by atoms with E-state index in [4.69, 9.17) is 0 Å². The molecule has 0 aliphatic carbocycles. The minimum atomic E-state index is 0.154. The van der Waals surface area contributed by atoms with Crippen molar-refractivity contribution in [2.24, 2.45) is 0 Å². The lowest BCUT2D eigenvalue weighted by Gasteiger charge is -2.22. The molecule has 1 amide bonds. The molecule has 1 fully saturated rings. The Morgan fingerprint density at radius 2 is 1.86 bits per heavy atom. The number of hydrogen-bond donors (Lipinski definition) is 0. The number of rotatable bonds is 4. The molecular formula is C16H24BrN3O. The van der Waals surface area contributed by atoms with Gasteiger partial charge in [-0.2, -0.15) is 0 Å². The van der Waals surface area contributed by atoms with E-state index in [0.717, 1.165) is 55.7 Å². The van der Waals surface area contributed by atoms with Crippen molar-refractivity contribution in [1.29, 1.82) is 0 Å². The van der Waals surface area contributed by atoms with Crippen LogP contribution in [-0.4, -0.2) is 67.9 Å². The molecule has 5 heteroatoms. The smallest absolute Gasteiger partial charge is 0.253 e. The first-order valence-corrected chi connectivity index (χ1v) is 8.59. The summed E-state index contributed by atoms with van der Waals surface area (Å²) in [6.07, 6.45) is 1.05. The molecule has 1 saturated heterocycles. The number of alkyl halides is 1. The number of benzene rings is 1. The van der Waals surface area contributed by atoms with Gasteiger partial charge < -0.3 is 14.7 Å². The highest BCUT2D eigenvalue weighted by molar-refractivity contribution is 9.09. The van der Waals surface area contributed by atoms with Gasteiger partial charge in [-0.15, -0.1) is 0 Å². The predicted octanol–water partition coefficient (Wildman–Crippen LogP) is 2.30. The van der Waals surface area contributed by atoms with Crippen molar-refractivity contribution >= 4 is 27.5 Å². The summed E-state index contributed by atoms with van der Waals surface area (Å²) < 4.78 is 0. The van der Waals surface area contributed by atoms with Crippen molar-refractivity contribution in [2.75, 3.05) is 57.0 Å². The van der Waals surface area contributed by atoms with Crippen molar-refractivity contribution in [2.45, 2.75) is 6.42 Å². The molecular weight excluding hydrogens is 330 g/mol. The van der Waals surface area contributed by atoms with Crippen LogP contribution < -0.4 is 4.90 Å². The first-order valence-electron chi connectivity index (χ1n) is 7.47. The molecule has 4 nitrogen and oxygen atoms in total. The molecule has 0 bridgehead atoms. The Morgan fingerprint density at radius 1 is 1.14 bits per heavy atom. The van der Waals surface area contributed by atoms with Gasteiger partial charge in [-0.1, -0.05) is 15.9 Å². The number of carbonyl (C=O) groups is 1. The molecule has 0 N–H and O–H groups in total. The van der Waals surface area contributed by atoms with E-state index in [0.29, 0.717) is 0 Å². The van der Waals surface area contributed by atoms with E-state index >= 15 is 0 Å². The van der Waals surface area contributed by atoms with Gasteiger partial charge in [0.1, 0.15) is 0 Å². The Kier molecular flexibility index (Phi) is 6.06. The molecule has 0 saturated carbocycles. The summed E-state index contributed by atoms with van der Waals surface area (Å²) in [4.78, 5) is 19.0. The summed E-state index contributed by atoms with van der Waals surface area (Å²) in [6, 6.07) is 7.86. The van der Waals surface area contributed by atoms with Crippen molar-refractivity contribution in [1.82, 2.24) is 9.80 Å². The summed E-state index contributed by atoms with van der Waals surface area (Å²) in [5.41, 5.74) is 1.90. The van der Waals surface area contributed by atoms with Crippen molar-refractivity contribution < 1.29 is 4.79 Å². The highest BCUT2D eigenvalue weighted by Crippen LogP contribution is 2.15. The SMILES string of the molecule is CN(C)c1ccc(C(=O)N2CCCN(CCBr)CC2)cc1. The third-order valence-corrected chi connectivity index (χ3v) is 4.26. The number of halogens is 1. The fourth-order valence-electron chi connectivity index (χ4n) is 2.60. The Bertz CT molecular complexity index is 461. The van der Waals surface area contributed by atoms with E-state index in [-0.39, 0.29) is 5.91 Å². The van der Waals surface area contributed by atoms with Gasteiger partial charge in [0.15, 0.2) is 0 Å². The average Bonchev–Trinajstić information content (AvgIpc) is 2.73. The van der Waals surface area contributed by atoms with E-state index < -0.39 is 0 Å². The van der Waals surface area contributed by atoms with Gasteiger partial charge in [0.2, 0.25) is 0 Å². The minimum absolute atomic E-state index is 0.154. The molecule has 21 heavy (non-hydrogen) atoms. The van der Waals surface area contributed by atoms with Crippen LogP contribution in [0, 0.1) is 0 Å². The summed E-state index contributed by atoms with van der Waals surface area (Å²) >= 11 is 3.48. The van der Waals surface area contributed by atoms with Crippen molar-refractivity contribution in [3.05, 3.63) is 29.8 Å². The van der Waals surface area contributed by atoms with Gasteiger partial charge in [0.25, 0.3) is 5.91 Å². The topological polar surface area (TPSA) is 26.8 Å². The molecule has 1 aromatic carbocycles. The highest BCUT2D eigenvalue weighted by atomic mass is 79.9. The monoisotopic (exact) mass is 353 g/mol. The lowest BCUT2D eigenvalue weighted by Crippen LogP contribution is -2.35. The zero-order valence-corrected chi connectivity index (χ0v) is 14.5. The van der Waals surface area contributed by atoms with Crippen LogP contribution in [-0.2, 0) is 0 Å². The van der Waals surface area contributed by atoms with Crippen LogP contribution in [0.25, 0.3) is 0 Å². The second-order valence-corrected chi connectivity index (χ2v) is 6.41. The Labute approximate surface area is 135 Å². The molecule has 1 aromatic rings. The fourth-order valence-corrected chi connectivity index (χ4v) is 3.10. The Morgan fingerprint density at radius 3 is 2.48 bits per heavy atom. The molecule has 1 aliphatic rings. The molecule has 0 radical (unpaired) electrons. The van der Waals surface area contributed by atoms with Gasteiger partial charge in [0.05, 0.1) is 0 Å². The zero-order valence-electron chi connectivity index (χ0n) is 12.9. The number of carbonyl (C=O) groups excluding carboxylic acids is 1. The third-order valence-electron chi connectivity index (χ3n) is 3.91. The van der Waals surface area contributed by atoms with E-state index in [1.165, 1.54) is 0 Å². The standard InChI is InChI=1S/C16H24BrN3O/c1-18(2)15-6-4-14(5-7-15)16(21)20-10-3-9-19(11-8-17)12-13-20/h4-7H,3,8-13H2,1-2H3. The van der Waals surface area contributed by atoms with Crippen LogP contribution in [0.4, 0.5) is 5.69 Å². The second-order valence-electron chi connectivity index (χ2n) is 5.62. The second kappa shape index (κ2) is 7.80. The average molecular weight is 354 g/mol. The van der Waals surface area contributed by atoms with Crippen LogP contribution in [0.1, 0.15) is 16.8 Å². The van der Waals surface area contributed by atoms with Gasteiger partial charge in [0, 0.05) is 56.9 Å². The van der Waals surface area contributed by atoms with Crippen molar-refractivity contribution in [3.8, 4) is 0 Å². The van der Waals surface area contributed by atoms with Gasteiger partial charge >= 0.3 is 0 Å². The summed E-state index contributed by atoms with van der Waals surface area (Å²) in [5.74, 6) is 0.154. The first kappa shape index (κ1) is 16.3. The van der Waals surface area contributed by atoms with Crippen LogP contribution in [0.3, 0.4) is 0 Å². The normalized spacial score (nSPS) is 16.6. The molecule has 1 aliphatic heterocycles. The maximum Gasteiger partial charge on any atom is 0.253 e. The maximum absolute atomic E-state index is 12.6. The minimum Gasteiger partial charge on any atom is -0.378 e. The predicted molar refractivity (Wildman–Crippen MR) is 91.5 cm³/mol.